The maximum Gasteiger partial charge on any atom is 0.259 e. The number of carbonyl (C=O) groups excluding carboxylic acids is 2. The lowest BCUT2D eigenvalue weighted by atomic mass is 9.99. The molecule has 0 unspecified atom stereocenters. The molecule has 12 heteroatoms. The Labute approximate surface area is 234 Å². The summed E-state index contributed by atoms with van der Waals surface area (Å²) >= 11 is 0. The molecule has 2 aliphatic rings. The van der Waals surface area contributed by atoms with Crippen LogP contribution in [-0.2, 0) is 22.5 Å². The molecule has 3 aromatic rings. The highest BCUT2D eigenvalue weighted by Gasteiger charge is 2.34. The van der Waals surface area contributed by atoms with E-state index in [2.05, 4.69) is 25.1 Å². The molecular weight excluding hydrogens is 536 g/mol. The van der Waals surface area contributed by atoms with E-state index in [1.54, 1.807) is 28.0 Å². The largest absolute Gasteiger partial charge is 0.356 e. The lowest BCUT2D eigenvalue weighted by Gasteiger charge is -2.26. The molecule has 2 N–H and O–H groups in total. The fraction of sp³-hybridized carbons (Fsp3) is 0.429. The number of carbonyl (C=O) groups is 2. The zero-order chi connectivity index (χ0) is 28.4. The van der Waals surface area contributed by atoms with Crippen LogP contribution in [0.2, 0.25) is 0 Å². The molecule has 5 rings (SSSR count). The van der Waals surface area contributed by atoms with Gasteiger partial charge >= 0.3 is 0 Å². The van der Waals surface area contributed by atoms with Crippen LogP contribution >= 0.6 is 0 Å². The van der Waals surface area contributed by atoms with Crippen LogP contribution in [0, 0.1) is 12.8 Å². The lowest BCUT2D eigenvalue weighted by molar-refractivity contribution is -0.122. The van der Waals surface area contributed by atoms with Crippen molar-refractivity contribution in [2.75, 3.05) is 42.7 Å². The average Bonchev–Trinajstić information content (AvgIpc) is 3.21. The number of hydrogen-bond acceptors (Lipinski definition) is 6. The van der Waals surface area contributed by atoms with Gasteiger partial charge in [-0.2, -0.15) is 9.46 Å². The van der Waals surface area contributed by atoms with Gasteiger partial charge in [0.2, 0.25) is 5.92 Å². The molecule has 1 atom stereocenters. The van der Waals surface area contributed by atoms with Crippen LogP contribution in [0.1, 0.15) is 35.2 Å². The molecule has 1 aromatic carbocycles. The Hall–Kier alpha value is -3.51. The van der Waals surface area contributed by atoms with Gasteiger partial charge in [-0.15, -0.1) is 0 Å². The Bertz CT molecular complexity index is 1470. The summed E-state index contributed by atoms with van der Waals surface area (Å²) in [6.45, 7) is 3.63. The van der Waals surface area contributed by atoms with E-state index < -0.39 is 16.6 Å². The maximum atomic E-state index is 14.2. The van der Waals surface area contributed by atoms with Crippen molar-refractivity contribution in [2.45, 2.75) is 37.0 Å². The second-order valence-corrected chi connectivity index (χ2v) is 11.9. The Kier molecular flexibility index (Phi) is 8.09. The normalized spacial score (nSPS) is 18.2. The van der Waals surface area contributed by atoms with E-state index in [-0.39, 0.29) is 37.1 Å². The fourth-order valence-electron chi connectivity index (χ4n) is 4.90. The first kappa shape index (κ1) is 28.0. The van der Waals surface area contributed by atoms with Crippen molar-refractivity contribution in [3.05, 3.63) is 54.0 Å². The molecule has 2 aliphatic heterocycles. The van der Waals surface area contributed by atoms with E-state index in [0.717, 1.165) is 16.0 Å². The summed E-state index contributed by atoms with van der Waals surface area (Å²) in [5, 5.41) is 10.3. The van der Waals surface area contributed by atoms with Crippen molar-refractivity contribution >= 4 is 34.0 Å². The smallest absolute Gasteiger partial charge is 0.259 e. The number of rotatable bonds is 6. The Balaban J connectivity index is 1.47. The predicted molar refractivity (Wildman–Crippen MR) is 152 cm³/mol. The van der Waals surface area contributed by atoms with Gasteiger partial charge in [0.05, 0.1) is 17.7 Å². The molecule has 2 amide bonds. The van der Waals surface area contributed by atoms with Crippen LogP contribution in [0.3, 0.4) is 0 Å². The topological polar surface area (TPSA) is 105 Å². The second-order valence-electron chi connectivity index (χ2n) is 10.3. The molecule has 4 heterocycles. The van der Waals surface area contributed by atoms with Crippen molar-refractivity contribution in [1.29, 1.82) is 0 Å². The molecular formula is C28H33F2N7O2S. The van der Waals surface area contributed by atoms with Crippen LogP contribution < -0.4 is 15.5 Å². The fourth-order valence-corrected chi connectivity index (χ4v) is 6.00. The van der Waals surface area contributed by atoms with Crippen LogP contribution in [0.25, 0.3) is 11.1 Å². The number of halogens is 2. The van der Waals surface area contributed by atoms with Gasteiger partial charge in [0.15, 0.2) is 0 Å². The third-order valence-corrected chi connectivity index (χ3v) is 8.76. The van der Waals surface area contributed by atoms with Crippen LogP contribution in [0.5, 0.6) is 0 Å². The number of aryl methyl sites for hydroxylation is 1. The van der Waals surface area contributed by atoms with Crippen molar-refractivity contribution in [1.82, 2.24) is 20.1 Å². The van der Waals surface area contributed by atoms with E-state index >= 15 is 0 Å². The summed E-state index contributed by atoms with van der Waals surface area (Å²) in [5.41, 5.74) is 3.13. The second kappa shape index (κ2) is 11.5. The molecule has 0 spiro atoms. The lowest BCUT2D eigenvalue weighted by Crippen LogP contribution is -2.46. The summed E-state index contributed by atoms with van der Waals surface area (Å²) in [4.78, 5) is 33.5. The van der Waals surface area contributed by atoms with Crippen molar-refractivity contribution < 1.29 is 18.4 Å². The van der Waals surface area contributed by atoms with Gasteiger partial charge in [-0.25, -0.2) is 13.8 Å². The summed E-state index contributed by atoms with van der Waals surface area (Å²) in [6.07, 6.45) is 6.93. The third-order valence-electron chi connectivity index (χ3n) is 7.37. The standard InChI is InChI=1S/C28H33F2N7O2S/c1-18-23(20-15-33-36(2)17-20)16-32-25(37-10-5-8-28(29,30)9-11-37)24(18)27(39)34-21-6-4-7-22(12-21)40(3)35-26(38)19-13-31-14-19/h4,6-7,12,15-17,19,31H,5,8-11,13-14H2,1-3H3,(H,34,39)/t40-/m0/s1. The number of nitrogens with one attached hydrogen (secondary N) is 2. The Morgan fingerprint density at radius 1 is 1.20 bits per heavy atom. The molecule has 0 bridgehead atoms. The Morgan fingerprint density at radius 3 is 2.70 bits per heavy atom. The first-order valence-corrected chi connectivity index (χ1v) is 14.9. The van der Waals surface area contributed by atoms with Gasteiger partial charge < -0.3 is 15.5 Å². The van der Waals surface area contributed by atoms with E-state index in [1.165, 1.54) is 0 Å². The first-order chi connectivity index (χ1) is 19.1. The summed E-state index contributed by atoms with van der Waals surface area (Å²) in [7, 11) is 1.13. The van der Waals surface area contributed by atoms with E-state index in [9.17, 15) is 18.4 Å². The van der Waals surface area contributed by atoms with Crippen molar-refractivity contribution in [2.24, 2.45) is 17.3 Å². The first-order valence-electron chi connectivity index (χ1n) is 13.3. The number of alkyl halides is 2. The zero-order valence-corrected chi connectivity index (χ0v) is 23.6. The number of amides is 2. The minimum absolute atomic E-state index is 0.0715. The summed E-state index contributed by atoms with van der Waals surface area (Å²) in [6, 6.07) is 7.29. The molecule has 40 heavy (non-hydrogen) atoms. The third kappa shape index (κ3) is 6.12. The van der Waals surface area contributed by atoms with E-state index in [4.69, 9.17) is 0 Å². The van der Waals surface area contributed by atoms with Gasteiger partial charge in [-0.3, -0.25) is 14.3 Å². The minimum Gasteiger partial charge on any atom is -0.356 e. The van der Waals surface area contributed by atoms with E-state index in [1.807, 2.05) is 44.6 Å². The summed E-state index contributed by atoms with van der Waals surface area (Å²) < 4.78 is 34.3. The number of benzene rings is 1. The zero-order valence-electron chi connectivity index (χ0n) is 22.8. The number of aromatic nitrogens is 3. The highest BCUT2D eigenvalue weighted by molar-refractivity contribution is 7.87. The van der Waals surface area contributed by atoms with Crippen LogP contribution in [0.4, 0.5) is 20.3 Å². The van der Waals surface area contributed by atoms with Crippen molar-refractivity contribution in [3.63, 3.8) is 0 Å². The van der Waals surface area contributed by atoms with Gasteiger partial charge in [0.25, 0.3) is 11.8 Å². The number of pyridine rings is 1. The number of anilines is 2. The molecule has 9 nitrogen and oxygen atoms in total. The quantitative estimate of drug-likeness (QED) is 0.461. The van der Waals surface area contributed by atoms with Gasteiger partial charge in [0, 0.05) is 80.2 Å². The molecule has 2 saturated heterocycles. The highest BCUT2D eigenvalue weighted by atomic mass is 32.2. The predicted octanol–water partition coefficient (Wildman–Crippen LogP) is 4.21. The van der Waals surface area contributed by atoms with Gasteiger partial charge in [-0.1, -0.05) is 16.8 Å². The van der Waals surface area contributed by atoms with E-state index in [0.29, 0.717) is 48.7 Å². The van der Waals surface area contributed by atoms with Gasteiger partial charge in [0.1, 0.15) is 5.82 Å². The summed E-state index contributed by atoms with van der Waals surface area (Å²) in [5.74, 6) is -2.91. The number of hydrogen-bond donors (Lipinski definition) is 2. The van der Waals surface area contributed by atoms with Crippen LogP contribution in [0.15, 0.2) is 52.1 Å². The van der Waals surface area contributed by atoms with Crippen molar-refractivity contribution in [3.8, 4) is 11.1 Å². The Morgan fingerprint density at radius 2 is 2.00 bits per heavy atom. The molecule has 2 fully saturated rings. The molecule has 0 aliphatic carbocycles. The average molecular weight is 570 g/mol. The maximum absolute atomic E-state index is 14.2. The molecule has 212 valence electrons. The SMILES string of the molecule is Cc1c(-c2cnn(C)c2)cnc(N2CCCC(F)(F)CC2)c1C(=O)Nc1cccc([S@](C)=NC(=O)C2CNC2)c1. The monoisotopic (exact) mass is 569 g/mol. The van der Waals surface area contributed by atoms with Crippen LogP contribution in [-0.4, -0.2) is 64.9 Å². The molecule has 0 saturated carbocycles. The number of nitrogens with zero attached hydrogens (tertiary/aromatic N) is 5. The van der Waals surface area contributed by atoms with Gasteiger partial charge in [-0.05, 0) is 43.4 Å². The highest BCUT2D eigenvalue weighted by Crippen LogP contribution is 2.34. The molecule has 0 radical (unpaired) electrons. The minimum atomic E-state index is -2.73. The molecule has 2 aromatic heterocycles.